The summed E-state index contributed by atoms with van der Waals surface area (Å²) in [6.07, 6.45) is 0.668. The van der Waals surface area contributed by atoms with Crippen molar-refractivity contribution in [2.24, 2.45) is 0 Å². The fraction of sp³-hybridized carbons (Fsp3) is 0.500. The fourth-order valence-electron chi connectivity index (χ4n) is 1.50. The Bertz CT molecular complexity index is 359. The number of hydrogen-bond acceptors (Lipinski definition) is 1. The lowest BCUT2D eigenvalue weighted by molar-refractivity contribution is 0.0985. The average molecular weight is 239 g/mol. The van der Waals surface area contributed by atoms with Crippen LogP contribution in [-0.4, -0.2) is 11.2 Å². The Morgan fingerprint density at radius 2 is 1.75 bits per heavy atom. The zero-order valence-corrected chi connectivity index (χ0v) is 11.1. The van der Waals surface area contributed by atoms with E-state index >= 15 is 0 Å². The SMILES string of the molecule is CCC(Cl)C(=O)c1ccc(C(C)(C)C)cc1. The van der Waals surface area contributed by atoms with Gasteiger partial charge in [0.25, 0.3) is 0 Å². The number of benzene rings is 1. The van der Waals surface area contributed by atoms with Crippen LogP contribution in [0.25, 0.3) is 0 Å². The van der Waals surface area contributed by atoms with Crippen LogP contribution in [0.1, 0.15) is 50.0 Å². The molecule has 1 rings (SSSR count). The summed E-state index contributed by atoms with van der Waals surface area (Å²) in [7, 11) is 0. The maximum atomic E-state index is 11.8. The van der Waals surface area contributed by atoms with Crippen molar-refractivity contribution in [3.63, 3.8) is 0 Å². The lowest BCUT2D eigenvalue weighted by Crippen LogP contribution is -2.15. The molecule has 88 valence electrons. The molecule has 0 fully saturated rings. The number of hydrogen-bond donors (Lipinski definition) is 0. The lowest BCUT2D eigenvalue weighted by atomic mass is 9.86. The van der Waals surface area contributed by atoms with Crippen molar-refractivity contribution in [1.82, 2.24) is 0 Å². The number of halogens is 1. The molecule has 1 unspecified atom stereocenters. The van der Waals surface area contributed by atoms with Crippen molar-refractivity contribution >= 4 is 17.4 Å². The molecule has 0 bridgehead atoms. The van der Waals surface area contributed by atoms with Crippen molar-refractivity contribution in [2.75, 3.05) is 0 Å². The van der Waals surface area contributed by atoms with Gasteiger partial charge in [0.1, 0.15) is 0 Å². The minimum atomic E-state index is -0.402. The highest BCUT2D eigenvalue weighted by Gasteiger charge is 2.17. The molecule has 0 radical (unpaired) electrons. The second-order valence-electron chi connectivity index (χ2n) is 5.07. The number of Topliss-reactive ketones (excluding diaryl/α,β-unsaturated/α-hetero) is 1. The van der Waals surface area contributed by atoms with E-state index in [1.165, 1.54) is 5.56 Å². The van der Waals surface area contributed by atoms with Crippen LogP contribution < -0.4 is 0 Å². The Balaban J connectivity index is 2.91. The first kappa shape index (κ1) is 13.2. The molecule has 0 N–H and O–H groups in total. The number of alkyl halides is 1. The molecule has 0 saturated heterocycles. The van der Waals surface area contributed by atoms with E-state index in [1.807, 2.05) is 31.2 Å². The molecule has 1 nitrogen and oxygen atoms in total. The molecular weight excluding hydrogens is 220 g/mol. The van der Waals surface area contributed by atoms with Gasteiger partial charge >= 0.3 is 0 Å². The van der Waals surface area contributed by atoms with Crippen molar-refractivity contribution in [3.8, 4) is 0 Å². The molecule has 1 aromatic rings. The van der Waals surface area contributed by atoms with Gasteiger partial charge in [0.2, 0.25) is 0 Å². The maximum absolute atomic E-state index is 11.8. The molecule has 0 aromatic heterocycles. The largest absolute Gasteiger partial charge is 0.293 e. The second kappa shape index (κ2) is 5.01. The Kier molecular flexibility index (Phi) is 4.15. The van der Waals surface area contributed by atoms with Crippen LogP contribution in [0.3, 0.4) is 0 Å². The first-order chi connectivity index (χ1) is 7.36. The van der Waals surface area contributed by atoms with Crippen LogP contribution in [0.15, 0.2) is 24.3 Å². The van der Waals surface area contributed by atoms with Crippen LogP contribution in [0.2, 0.25) is 0 Å². The topological polar surface area (TPSA) is 17.1 Å². The fourth-order valence-corrected chi connectivity index (χ4v) is 1.63. The minimum Gasteiger partial charge on any atom is -0.293 e. The molecule has 0 aliphatic rings. The first-order valence-corrected chi connectivity index (χ1v) is 6.08. The predicted octanol–water partition coefficient (Wildman–Crippen LogP) is 4.18. The summed E-state index contributed by atoms with van der Waals surface area (Å²) in [6.45, 7) is 8.37. The highest BCUT2D eigenvalue weighted by molar-refractivity contribution is 6.33. The van der Waals surface area contributed by atoms with Gasteiger partial charge in [-0.1, -0.05) is 52.0 Å². The number of ketones is 1. The van der Waals surface area contributed by atoms with E-state index in [0.29, 0.717) is 12.0 Å². The molecule has 2 heteroatoms. The summed E-state index contributed by atoms with van der Waals surface area (Å²) in [6, 6.07) is 7.75. The van der Waals surface area contributed by atoms with Gasteiger partial charge in [0.05, 0.1) is 5.38 Å². The van der Waals surface area contributed by atoms with Gasteiger partial charge in [-0.2, -0.15) is 0 Å². The summed E-state index contributed by atoms with van der Waals surface area (Å²) in [4.78, 5) is 11.8. The summed E-state index contributed by atoms with van der Waals surface area (Å²) in [5, 5.41) is -0.402. The Morgan fingerprint density at radius 1 is 1.25 bits per heavy atom. The number of carbonyl (C=O) groups excluding carboxylic acids is 1. The van der Waals surface area contributed by atoms with Crippen LogP contribution in [0, 0.1) is 0 Å². The van der Waals surface area contributed by atoms with Crippen molar-refractivity contribution in [3.05, 3.63) is 35.4 Å². The highest BCUT2D eigenvalue weighted by atomic mass is 35.5. The van der Waals surface area contributed by atoms with E-state index in [1.54, 1.807) is 0 Å². The average Bonchev–Trinajstić information content (AvgIpc) is 2.26. The van der Waals surface area contributed by atoms with Crippen molar-refractivity contribution < 1.29 is 4.79 Å². The second-order valence-corrected chi connectivity index (χ2v) is 5.59. The molecular formula is C14H19ClO. The van der Waals surface area contributed by atoms with E-state index in [9.17, 15) is 4.79 Å². The van der Waals surface area contributed by atoms with Crippen LogP contribution in [0.5, 0.6) is 0 Å². The Hall–Kier alpha value is -0.820. The van der Waals surface area contributed by atoms with Crippen LogP contribution >= 0.6 is 11.6 Å². The van der Waals surface area contributed by atoms with Crippen molar-refractivity contribution in [2.45, 2.75) is 44.9 Å². The van der Waals surface area contributed by atoms with Gasteiger partial charge in [-0.15, -0.1) is 11.6 Å². The quantitative estimate of drug-likeness (QED) is 0.570. The van der Waals surface area contributed by atoms with Gasteiger partial charge in [0, 0.05) is 5.56 Å². The third-order valence-corrected chi connectivity index (χ3v) is 3.19. The minimum absolute atomic E-state index is 0.0182. The predicted molar refractivity (Wildman–Crippen MR) is 69.4 cm³/mol. The van der Waals surface area contributed by atoms with E-state index in [0.717, 1.165) is 0 Å². The van der Waals surface area contributed by atoms with Crippen LogP contribution in [-0.2, 0) is 5.41 Å². The van der Waals surface area contributed by atoms with Crippen LogP contribution in [0.4, 0.5) is 0 Å². The van der Waals surface area contributed by atoms with E-state index in [2.05, 4.69) is 20.8 Å². The highest BCUT2D eigenvalue weighted by Crippen LogP contribution is 2.23. The number of rotatable bonds is 3. The molecule has 1 aromatic carbocycles. The Labute approximate surface area is 103 Å². The summed E-state index contributed by atoms with van der Waals surface area (Å²) >= 11 is 5.93. The molecule has 0 aliphatic heterocycles. The summed E-state index contributed by atoms with van der Waals surface area (Å²) < 4.78 is 0. The van der Waals surface area contributed by atoms with E-state index < -0.39 is 5.38 Å². The van der Waals surface area contributed by atoms with Gasteiger partial charge in [-0.3, -0.25) is 4.79 Å². The summed E-state index contributed by atoms with van der Waals surface area (Å²) in [5.74, 6) is 0.0182. The molecule has 0 spiro atoms. The standard InChI is InChI=1S/C14H19ClO/c1-5-12(15)13(16)10-6-8-11(9-7-10)14(2,3)4/h6-9,12H,5H2,1-4H3. The monoisotopic (exact) mass is 238 g/mol. The zero-order chi connectivity index (χ0) is 12.3. The Morgan fingerprint density at radius 3 is 2.12 bits per heavy atom. The van der Waals surface area contributed by atoms with Gasteiger partial charge in [0.15, 0.2) is 5.78 Å². The molecule has 1 atom stereocenters. The first-order valence-electron chi connectivity index (χ1n) is 5.65. The zero-order valence-electron chi connectivity index (χ0n) is 10.4. The maximum Gasteiger partial charge on any atom is 0.180 e. The third kappa shape index (κ3) is 3.08. The molecule has 0 heterocycles. The van der Waals surface area contributed by atoms with Gasteiger partial charge in [-0.05, 0) is 17.4 Å². The summed E-state index contributed by atoms with van der Waals surface area (Å²) in [5.41, 5.74) is 2.05. The normalized spacial score (nSPS) is 13.6. The molecule has 0 amide bonds. The lowest BCUT2D eigenvalue weighted by Gasteiger charge is -2.19. The van der Waals surface area contributed by atoms with Gasteiger partial charge in [-0.25, -0.2) is 0 Å². The smallest absolute Gasteiger partial charge is 0.180 e. The van der Waals surface area contributed by atoms with E-state index in [-0.39, 0.29) is 11.2 Å². The van der Waals surface area contributed by atoms with E-state index in [4.69, 9.17) is 11.6 Å². The number of carbonyl (C=O) groups is 1. The molecule has 0 aliphatic carbocycles. The molecule has 0 saturated carbocycles. The molecule has 16 heavy (non-hydrogen) atoms. The van der Waals surface area contributed by atoms with Gasteiger partial charge < -0.3 is 0 Å². The third-order valence-electron chi connectivity index (χ3n) is 2.68. The van der Waals surface area contributed by atoms with Crippen molar-refractivity contribution in [1.29, 1.82) is 0 Å².